The largest absolute Gasteiger partial charge is 0.375 e. The summed E-state index contributed by atoms with van der Waals surface area (Å²) in [6.45, 7) is 5.31. The van der Waals surface area contributed by atoms with Gasteiger partial charge in [-0.15, -0.1) is 0 Å². The van der Waals surface area contributed by atoms with E-state index in [4.69, 9.17) is 9.26 Å². The molecule has 0 aliphatic carbocycles. The average molecular weight is 344 g/mol. The number of pyridine rings is 1. The van der Waals surface area contributed by atoms with Crippen molar-refractivity contribution in [1.29, 1.82) is 0 Å². The summed E-state index contributed by atoms with van der Waals surface area (Å²) in [5.41, 5.74) is 2.42. The van der Waals surface area contributed by atoms with Crippen LogP contribution in [-0.4, -0.2) is 53.8 Å². The highest BCUT2D eigenvalue weighted by molar-refractivity contribution is 5.96. The van der Waals surface area contributed by atoms with E-state index in [1.54, 1.807) is 20.0 Å². The molecule has 25 heavy (non-hydrogen) atoms. The molecule has 0 unspecified atom stereocenters. The van der Waals surface area contributed by atoms with E-state index in [1.165, 1.54) is 5.56 Å². The summed E-state index contributed by atoms with van der Waals surface area (Å²) in [7, 11) is 1.86. The Labute approximate surface area is 147 Å². The standard InChI is InChI=1S/C18H24N4O3/c1-12-17(13(2)25-21-12)18(23)22-8-9-24-15(11-22)5-4-14-6-7-20-16(10-14)19-3/h6-7,10,15H,4-5,8-9,11H2,1-3H3,(H,19,20)/t15-/m1/s1. The molecule has 0 aromatic carbocycles. The lowest BCUT2D eigenvalue weighted by Crippen LogP contribution is -2.46. The van der Waals surface area contributed by atoms with E-state index >= 15 is 0 Å². The number of aryl methyl sites for hydroxylation is 3. The fourth-order valence-electron chi connectivity index (χ4n) is 3.12. The third-order valence-corrected chi connectivity index (χ3v) is 4.51. The molecule has 1 atom stereocenters. The van der Waals surface area contributed by atoms with E-state index < -0.39 is 0 Å². The average Bonchev–Trinajstić information content (AvgIpc) is 2.98. The van der Waals surface area contributed by atoms with Gasteiger partial charge in [0.1, 0.15) is 17.1 Å². The minimum atomic E-state index is -0.0223. The van der Waals surface area contributed by atoms with E-state index in [1.807, 2.05) is 24.1 Å². The van der Waals surface area contributed by atoms with E-state index in [9.17, 15) is 4.79 Å². The number of aromatic nitrogens is 2. The van der Waals surface area contributed by atoms with Crippen LogP contribution in [-0.2, 0) is 11.2 Å². The van der Waals surface area contributed by atoms with Crippen LogP contribution in [0.25, 0.3) is 0 Å². The molecule has 7 nitrogen and oxygen atoms in total. The number of rotatable bonds is 5. The molecular weight excluding hydrogens is 320 g/mol. The van der Waals surface area contributed by atoms with Gasteiger partial charge in [-0.05, 0) is 44.4 Å². The fourth-order valence-corrected chi connectivity index (χ4v) is 3.12. The number of carbonyl (C=O) groups is 1. The van der Waals surface area contributed by atoms with Gasteiger partial charge in [-0.1, -0.05) is 5.16 Å². The lowest BCUT2D eigenvalue weighted by molar-refractivity contribution is -0.0246. The second-order valence-electron chi connectivity index (χ2n) is 6.28. The summed E-state index contributed by atoms with van der Waals surface area (Å²) in [5.74, 6) is 1.41. The summed E-state index contributed by atoms with van der Waals surface area (Å²) >= 11 is 0. The first-order valence-corrected chi connectivity index (χ1v) is 8.55. The number of morpholine rings is 1. The molecule has 0 radical (unpaired) electrons. The molecule has 1 saturated heterocycles. The van der Waals surface area contributed by atoms with Crippen LogP contribution in [0.4, 0.5) is 5.82 Å². The van der Waals surface area contributed by atoms with Crippen molar-refractivity contribution in [2.75, 3.05) is 32.1 Å². The van der Waals surface area contributed by atoms with Gasteiger partial charge in [-0.25, -0.2) is 4.98 Å². The maximum atomic E-state index is 12.8. The Kier molecular flexibility index (Phi) is 5.33. The van der Waals surface area contributed by atoms with Crippen LogP contribution in [0.2, 0.25) is 0 Å². The zero-order valence-corrected chi connectivity index (χ0v) is 14.9. The molecule has 134 valence electrons. The molecule has 1 amide bonds. The van der Waals surface area contributed by atoms with Crippen molar-refractivity contribution in [2.24, 2.45) is 0 Å². The molecule has 0 bridgehead atoms. The van der Waals surface area contributed by atoms with Gasteiger partial charge in [0, 0.05) is 26.3 Å². The highest BCUT2D eigenvalue weighted by atomic mass is 16.5. The molecule has 1 aliphatic heterocycles. The van der Waals surface area contributed by atoms with Gasteiger partial charge in [0.2, 0.25) is 0 Å². The van der Waals surface area contributed by atoms with Crippen LogP contribution in [0.3, 0.4) is 0 Å². The second kappa shape index (κ2) is 7.65. The van der Waals surface area contributed by atoms with Gasteiger partial charge < -0.3 is 19.5 Å². The van der Waals surface area contributed by atoms with Gasteiger partial charge in [0.15, 0.2) is 0 Å². The number of carbonyl (C=O) groups excluding carboxylic acids is 1. The number of anilines is 1. The highest BCUT2D eigenvalue weighted by Crippen LogP contribution is 2.19. The van der Waals surface area contributed by atoms with Crippen molar-refractivity contribution in [2.45, 2.75) is 32.8 Å². The molecule has 2 aromatic heterocycles. The lowest BCUT2D eigenvalue weighted by atomic mass is 10.1. The number of nitrogens with one attached hydrogen (secondary N) is 1. The number of hydrogen-bond donors (Lipinski definition) is 1. The molecule has 3 heterocycles. The topological polar surface area (TPSA) is 80.5 Å². The van der Waals surface area contributed by atoms with E-state index in [0.29, 0.717) is 36.7 Å². The molecule has 2 aromatic rings. The van der Waals surface area contributed by atoms with E-state index in [0.717, 1.165) is 18.7 Å². The van der Waals surface area contributed by atoms with Crippen LogP contribution in [0.5, 0.6) is 0 Å². The number of nitrogens with zero attached hydrogens (tertiary/aromatic N) is 3. The summed E-state index contributed by atoms with van der Waals surface area (Å²) in [4.78, 5) is 18.8. The Bertz CT molecular complexity index is 724. The Morgan fingerprint density at radius 3 is 3.00 bits per heavy atom. The van der Waals surface area contributed by atoms with Gasteiger partial charge in [0.05, 0.1) is 18.4 Å². The third kappa shape index (κ3) is 3.99. The van der Waals surface area contributed by atoms with Gasteiger partial charge in [-0.2, -0.15) is 0 Å². The monoisotopic (exact) mass is 344 g/mol. The zero-order chi connectivity index (χ0) is 17.8. The fraction of sp³-hybridized carbons (Fsp3) is 0.500. The van der Waals surface area contributed by atoms with Crippen molar-refractivity contribution in [1.82, 2.24) is 15.0 Å². The van der Waals surface area contributed by atoms with Crippen LogP contribution in [0.15, 0.2) is 22.9 Å². The Balaban J connectivity index is 1.60. The molecule has 1 fully saturated rings. The van der Waals surface area contributed by atoms with Crippen LogP contribution in [0, 0.1) is 13.8 Å². The summed E-state index contributed by atoms with van der Waals surface area (Å²) in [6, 6.07) is 4.05. The molecule has 1 N–H and O–H groups in total. The van der Waals surface area contributed by atoms with Crippen molar-refractivity contribution in [3.63, 3.8) is 0 Å². The number of amides is 1. The second-order valence-corrected chi connectivity index (χ2v) is 6.28. The Morgan fingerprint density at radius 2 is 2.28 bits per heavy atom. The molecule has 7 heteroatoms. The number of hydrogen-bond acceptors (Lipinski definition) is 6. The number of ether oxygens (including phenoxy) is 1. The Morgan fingerprint density at radius 1 is 1.44 bits per heavy atom. The van der Waals surface area contributed by atoms with Crippen molar-refractivity contribution >= 4 is 11.7 Å². The summed E-state index contributed by atoms with van der Waals surface area (Å²) < 4.78 is 11.0. The molecule has 0 saturated carbocycles. The SMILES string of the molecule is CNc1cc(CC[C@@H]2CN(C(=O)c3c(C)noc3C)CCO2)ccn1. The minimum absolute atomic E-state index is 0.0223. The van der Waals surface area contributed by atoms with Crippen molar-refractivity contribution < 1.29 is 14.1 Å². The predicted molar refractivity (Wildman–Crippen MR) is 93.7 cm³/mol. The molecular formula is C18H24N4O3. The normalized spacial score (nSPS) is 17.6. The minimum Gasteiger partial charge on any atom is -0.375 e. The molecule has 0 spiro atoms. The lowest BCUT2D eigenvalue weighted by Gasteiger charge is -2.33. The highest BCUT2D eigenvalue weighted by Gasteiger charge is 2.28. The Hall–Kier alpha value is -2.41. The van der Waals surface area contributed by atoms with Crippen molar-refractivity contribution in [3.05, 3.63) is 40.9 Å². The van der Waals surface area contributed by atoms with Crippen LogP contribution >= 0.6 is 0 Å². The van der Waals surface area contributed by atoms with Crippen molar-refractivity contribution in [3.8, 4) is 0 Å². The smallest absolute Gasteiger partial charge is 0.259 e. The van der Waals surface area contributed by atoms with Gasteiger partial charge in [0.25, 0.3) is 5.91 Å². The first-order valence-electron chi connectivity index (χ1n) is 8.55. The molecule has 1 aliphatic rings. The summed E-state index contributed by atoms with van der Waals surface area (Å²) in [6.07, 6.45) is 3.58. The third-order valence-electron chi connectivity index (χ3n) is 4.51. The van der Waals surface area contributed by atoms with E-state index in [-0.39, 0.29) is 12.0 Å². The zero-order valence-electron chi connectivity index (χ0n) is 14.9. The summed E-state index contributed by atoms with van der Waals surface area (Å²) in [5, 5.41) is 6.92. The van der Waals surface area contributed by atoms with Crippen LogP contribution in [0.1, 0.15) is 33.8 Å². The van der Waals surface area contributed by atoms with Gasteiger partial charge >= 0.3 is 0 Å². The predicted octanol–water partition coefficient (Wildman–Crippen LogP) is 2.20. The maximum Gasteiger partial charge on any atom is 0.259 e. The first-order chi connectivity index (χ1) is 12.1. The molecule has 3 rings (SSSR count). The van der Waals surface area contributed by atoms with Crippen LogP contribution < -0.4 is 5.32 Å². The maximum absolute atomic E-state index is 12.8. The van der Waals surface area contributed by atoms with Gasteiger partial charge in [-0.3, -0.25) is 4.79 Å². The quantitative estimate of drug-likeness (QED) is 0.896. The van der Waals surface area contributed by atoms with E-state index in [2.05, 4.69) is 15.5 Å². The first kappa shape index (κ1) is 17.4.